The summed E-state index contributed by atoms with van der Waals surface area (Å²) in [6, 6.07) is 5.47. The lowest BCUT2D eigenvalue weighted by molar-refractivity contribution is 0.0948. The molecule has 0 aliphatic carbocycles. The van der Waals surface area contributed by atoms with Gasteiger partial charge in [-0.25, -0.2) is 18.1 Å². The molecule has 7 nitrogen and oxygen atoms in total. The fraction of sp³-hybridized carbons (Fsp3) is 0.400. The van der Waals surface area contributed by atoms with Gasteiger partial charge in [0.05, 0.1) is 29.0 Å². The average molecular weight is 334 g/mol. The molecule has 2 aromatic rings. The third-order valence-corrected chi connectivity index (χ3v) is 5.84. The summed E-state index contributed by atoms with van der Waals surface area (Å²) in [5, 5.41) is 7.01. The Bertz CT molecular complexity index is 815. The van der Waals surface area contributed by atoms with E-state index in [2.05, 4.69) is 15.4 Å². The van der Waals surface area contributed by atoms with Gasteiger partial charge in [0.25, 0.3) is 5.91 Å². The zero-order chi connectivity index (χ0) is 16.4. The van der Waals surface area contributed by atoms with Gasteiger partial charge in [-0.15, -0.1) is 0 Å². The van der Waals surface area contributed by atoms with Gasteiger partial charge < -0.3 is 5.32 Å². The molecule has 1 amide bonds. The van der Waals surface area contributed by atoms with Crippen molar-refractivity contribution < 1.29 is 13.2 Å². The second-order valence-corrected chi connectivity index (χ2v) is 7.95. The van der Waals surface area contributed by atoms with E-state index in [1.807, 2.05) is 18.2 Å². The van der Waals surface area contributed by atoms with Crippen molar-refractivity contribution in [1.82, 2.24) is 20.1 Å². The standard InChI is InChI=1S/C15H18N4O3S/c1-11-13(9-18-19(11)14-4-2-3-6-16-14)15(20)17-8-12-5-7-23(21,22)10-12/h2-4,6,9,12H,5,7-8,10H2,1H3,(H,17,20)/t12-/m1/s1. The van der Waals surface area contributed by atoms with E-state index >= 15 is 0 Å². The molecule has 0 radical (unpaired) electrons. The maximum absolute atomic E-state index is 12.3. The van der Waals surface area contributed by atoms with E-state index in [0.29, 0.717) is 30.0 Å². The van der Waals surface area contributed by atoms with Crippen LogP contribution in [0, 0.1) is 12.8 Å². The number of carbonyl (C=O) groups is 1. The van der Waals surface area contributed by atoms with Gasteiger partial charge in [-0.2, -0.15) is 5.10 Å². The second kappa shape index (κ2) is 6.11. The number of sulfone groups is 1. The van der Waals surface area contributed by atoms with Crippen LogP contribution in [0.4, 0.5) is 0 Å². The Balaban J connectivity index is 1.68. The Morgan fingerprint density at radius 2 is 2.26 bits per heavy atom. The molecule has 122 valence electrons. The van der Waals surface area contributed by atoms with Crippen LogP contribution in [0.5, 0.6) is 0 Å². The lowest BCUT2D eigenvalue weighted by Gasteiger charge is -2.09. The predicted molar refractivity (Wildman–Crippen MR) is 85.2 cm³/mol. The van der Waals surface area contributed by atoms with Crippen LogP contribution in [-0.2, 0) is 9.84 Å². The van der Waals surface area contributed by atoms with Gasteiger partial charge in [0.15, 0.2) is 15.7 Å². The van der Waals surface area contributed by atoms with Gasteiger partial charge in [0, 0.05) is 12.7 Å². The van der Waals surface area contributed by atoms with Crippen LogP contribution in [0.1, 0.15) is 22.5 Å². The van der Waals surface area contributed by atoms with Crippen molar-refractivity contribution in [3.05, 3.63) is 41.9 Å². The molecule has 1 aliphatic rings. The average Bonchev–Trinajstić information content (AvgIpc) is 3.08. The zero-order valence-corrected chi connectivity index (χ0v) is 13.6. The van der Waals surface area contributed by atoms with E-state index in [1.54, 1.807) is 17.8 Å². The second-order valence-electron chi connectivity index (χ2n) is 5.72. The first-order valence-electron chi connectivity index (χ1n) is 7.41. The number of nitrogens with zero attached hydrogens (tertiary/aromatic N) is 3. The molecule has 1 atom stereocenters. The van der Waals surface area contributed by atoms with Crippen molar-refractivity contribution in [2.75, 3.05) is 18.1 Å². The van der Waals surface area contributed by atoms with Crippen molar-refractivity contribution >= 4 is 15.7 Å². The maximum atomic E-state index is 12.3. The summed E-state index contributed by atoms with van der Waals surface area (Å²) in [6.45, 7) is 2.17. The largest absolute Gasteiger partial charge is 0.352 e. The minimum atomic E-state index is -2.92. The number of hydrogen-bond donors (Lipinski definition) is 1. The topological polar surface area (TPSA) is 94.0 Å². The number of aromatic nitrogens is 3. The van der Waals surface area contributed by atoms with E-state index in [4.69, 9.17) is 0 Å². The smallest absolute Gasteiger partial charge is 0.254 e. The summed E-state index contributed by atoms with van der Waals surface area (Å²) in [4.78, 5) is 16.5. The van der Waals surface area contributed by atoms with Gasteiger partial charge in [-0.3, -0.25) is 4.79 Å². The first-order valence-corrected chi connectivity index (χ1v) is 9.23. The Hall–Kier alpha value is -2.22. The van der Waals surface area contributed by atoms with Crippen LogP contribution < -0.4 is 5.32 Å². The third-order valence-electron chi connectivity index (χ3n) is 4.00. The van der Waals surface area contributed by atoms with Crippen LogP contribution in [0.2, 0.25) is 0 Å². The molecule has 0 saturated carbocycles. The lowest BCUT2D eigenvalue weighted by Crippen LogP contribution is -2.30. The summed E-state index contributed by atoms with van der Waals surface area (Å²) in [5.74, 6) is 0.763. The highest BCUT2D eigenvalue weighted by Gasteiger charge is 2.28. The van der Waals surface area contributed by atoms with Crippen molar-refractivity contribution in [2.45, 2.75) is 13.3 Å². The molecule has 3 heterocycles. The van der Waals surface area contributed by atoms with Gasteiger partial charge in [0.2, 0.25) is 0 Å². The number of amides is 1. The molecule has 1 fully saturated rings. The van der Waals surface area contributed by atoms with E-state index < -0.39 is 9.84 Å². The first-order chi connectivity index (χ1) is 11.0. The van der Waals surface area contributed by atoms with Gasteiger partial charge in [0.1, 0.15) is 0 Å². The quantitative estimate of drug-likeness (QED) is 0.890. The maximum Gasteiger partial charge on any atom is 0.254 e. The molecule has 3 rings (SSSR count). The van der Waals surface area contributed by atoms with Crippen LogP contribution in [0.3, 0.4) is 0 Å². The van der Waals surface area contributed by atoms with Crippen LogP contribution in [-0.4, -0.2) is 47.1 Å². The van der Waals surface area contributed by atoms with Crippen molar-refractivity contribution in [1.29, 1.82) is 0 Å². The van der Waals surface area contributed by atoms with Gasteiger partial charge in [-0.1, -0.05) is 6.07 Å². The lowest BCUT2D eigenvalue weighted by atomic mass is 10.1. The highest BCUT2D eigenvalue weighted by molar-refractivity contribution is 7.91. The van der Waals surface area contributed by atoms with E-state index in [1.165, 1.54) is 6.20 Å². The highest BCUT2D eigenvalue weighted by atomic mass is 32.2. The summed E-state index contributed by atoms with van der Waals surface area (Å²) in [5.41, 5.74) is 1.16. The zero-order valence-electron chi connectivity index (χ0n) is 12.8. The molecular formula is C15H18N4O3S. The molecule has 1 saturated heterocycles. The molecule has 0 aromatic carbocycles. The van der Waals surface area contributed by atoms with Crippen LogP contribution >= 0.6 is 0 Å². The predicted octanol–water partition coefficient (Wildman–Crippen LogP) is 0.740. The monoisotopic (exact) mass is 334 g/mol. The van der Waals surface area contributed by atoms with Gasteiger partial charge in [-0.05, 0) is 31.4 Å². The Kier molecular flexibility index (Phi) is 4.16. The summed E-state index contributed by atoms with van der Waals surface area (Å²) >= 11 is 0. The molecule has 23 heavy (non-hydrogen) atoms. The van der Waals surface area contributed by atoms with Crippen molar-refractivity contribution in [3.8, 4) is 5.82 Å². The summed E-state index contributed by atoms with van der Waals surface area (Å²) < 4.78 is 24.5. The number of nitrogens with one attached hydrogen (secondary N) is 1. The molecule has 1 N–H and O–H groups in total. The fourth-order valence-corrected chi connectivity index (χ4v) is 4.57. The van der Waals surface area contributed by atoms with E-state index in [-0.39, 0.29) is 23.3 Å². The molecule has 1 aliphatic heterocycles. The molecule has 0 unspecified atom stereocenters. The van der Waals surface area contributed by atoms with Gasteiger partial charge >= 0.3 is 0 Å². The summed E-state index contributed by atoms with van der Waals surface area (Å²) in [6.07, 6.45) is 3.77. The molecule has 2 aromatic heterocycles. The minimum absolute atomic E-state index is 0.00455. The van der Waals surface area contributed by atoms with Crippen LogP contribution in [0.25, 0.3) is 5.82 Å². The highest BCUT2D eigenvalue weighted by Crippen LogP contribution is 2.18. The molecular weight excluding hydrogens is 316 g/mol. The first kappa shape index (κ1) is 15.7. The number of rotatable bonds is 4. The molecule has 0 bridgehead atoms. The van der Waals surface area contributed by atoms with Crippen LogP contribution in [0.15, 0.2) is 30.6 Å². The summed E-state index contributed by atoms with van der Waals surface area (Å²) in [7, 11) is -2.92. The number of hydrogen-bond acceptors (Lipinski definition) is 5. The Morgan fingerprint density at radius 3 is 2.91 bits per heavy atom. The number of carbonyl (C=O) groups excluding carboxylic acids is 1. The Morgan fingerprint density at radius 1 is 1.43 bits per heavy atom. The SMILES string of the molecule is Cc1c(C(=O)NC[C@H]2CCS(=O)(=O)C2)cnn1-c1ccccn1. The minimum Gasteiger partial charge on any atom is -0.352 e. The molecule has 0 spiro atoms. The van der Waals surface area contributed by atoms with E-state index in [9.17, 15) is 13.2 Å². The fourth-order valence-electron chi connectivity index (χ4n) is 2.71. The Labute approximate surface area is 134 Å². The number of pyridine rings is 1. The van der Waals surface area contributed by atoms with Crippen molar-refractivity contribution in [3.63, 3.8) is 0 Å². The normalized spacial score (nSPS) is 19.6. The van der Waals surface area contributed by atoms with Crippen molar-refractivity contribution in [2.24, 2.45) is 5.92 Å². The third kappa shape index (κ3) is 3.42. The van der Waals surface area contributed by atoms with E-state index in [0.717, 1.165) is 0 Å². The molecule has 8 heteroatoms.